The van der Waals surface area contributed by atoms with E-state index in [1.807, 2.05) is 69.2 Å². The van der Waals surface area contributed by atoms with Crippen molar-refractivity contribution < 1.29 is 14.3 Å². The Bertz CT molecular complexity index is 1480. The summed E-state index contributed by atoms with van der Waals surface area (Å²) in [7, 11) is 11.2. The van der Waals surface area contributed by atoms with Crippen molar-refractivity contribution in [1.29, 1.82) is 0 Å². The number of ether oxygens (including phenoxy) is 2. The fraction of sp³-hybridized carbons (Fsp3) is 0.345. The molecule has 11 nitrogen and oxygen atoms in total. The molecular weight excluding hydrogens is 508 g/mol. The van der Waals surface area contributed by atoms with Crippen LogP contribution in [0, 0.1) is 0 Å². The summed E-state index contributed by atoms with van der Waals surface area (Å²) in [5, 5.41) is 7.11. The van der Waals surface area contributed by atoms with Gasteiger partial charge >= 0.3 is 0 Å². The highest BCUT2D eigenvalue weighted by molar-refractivity contribution is 6.09. The van der Waals surface area contributed by atoms with E-state index < -0.39 is 0 Å². The normalized spacial score (nSPS) is 11.2. The molecule has 11 heteroatoms. The van der Waals surface area contributed by atoms with E-state index in [4.69, 9.17) is 20.2 Å². The molecule has 0 saturated carbocycles. The van der Waals surface area contributed by atoms with Crippen LogP contribution in [0.25, 0.3) is 22.2 Å². The first kappa shape index (κ1) is 28.7. The second-order valence-corrected chi connectivity index (χ2v) is 9.78. The summed E-state index contributed by atoms with van der Waals surface area (Å²) in [6, 6.07) is 13.4. The van der Waals surface area contributed by atoms with Crippen LogP contribution in [-0.4, -0.2) is 86.9 Å². The summed E-state index contributed by atoms with van der Waals surface area (Å²) in [5.41, 5.74) is 11.3. The van der Waals surface area contributed by atoms with Gasteiger partial charge in [-0.25, -0.2) is 9.97 Å². The van der Waals surface area contributed by atoms with Crippen LogP contribution in [-0.2, 0) is 11.8 Å². The molecule has 4 N–H and O–H groups in total. The SMILES string of the molecule is COCCNC(=O)c1c(-c2ccnc(Nc3cc(N)c(N(C)CCN(C)C)cc3OC)n2)c2ccccc2n1C. The van der Waals surface area contributed by atoms with E-state index in [1.165, 1.54) is 0 Å². The summed E-state index contributed by atoms with van der Waals surface area (Å²) in [6.45, 7) is 2.51. The van der Waals surface area contributed by atoms with Gasteiger partial charge in [-0.15, -0.1) is 0 Å². The number of aromatic nitrogens is 3. The lowest BCUT2D eigenvalue weighted by Crippen LogP contribution is -2.29. The van der Waals surface area contributed by atoms with E-state index in [-0.39, 0.29) is 5.91 Å². The van der Waals surface area contributed by atoms with Crippen molar-refractivity contribution in [2.45, 2.75) is 0 Å². The minimum absolute atomic E-state index is 0.206. The van der Waals surface area contributed by atoms with E-state index in [1.54, 1.807) is 26.5 Å². The van der Waals surface area contributed by atoms with Crippen molar-refractivity contribution in [2.75, 3.05) is 77.6 Å². The van der Waals surface area contributed by atoms with Crippen molar-refractivity contribution in [2.24, 2.45) is 7.05 Å². The highest BCUT2D eigenvalue weighted by Crippen LogP contribution is 2.37. The number of amides is 1. The third-order valence-corrected chi connectivity index (χ3v) is 6.71. The molecule has 40 heavy (non-hydrogen) atoms. The maximum absolute atomic E-state index is 13.3. The van der Waals surface area contributed by atoms with Crippen molar-refractivity contribution >= 4 is 39.8 Å². The van der Waals surface area contributed by atoms with Gasteiger partial charge in [0.25, 0.3) is 5.91 Å². The quantitative estimate of drug-likeness (QED) is 0.181. The Hall–Kier alpha value is -4.35. The molecule has 0 spiro atoms. The Kier molecular flexibility index (Phi) is 9.08. The molecule has 0 fully saturated rings. The Labute approximate surface area is 234 Å². The van der Waals surface area contributed by atoms with Gasteiger partial charge in [0, 0.05) is 69.6 Å². The highest BCUT2D eigenvalue weighted by Gasteiger charge is 2.23. The lowest BCUT2D eigenvalue weighted by atomic mass is 10.1. The number of carbonyl (C=O) groups is 1. The van der Waals surface area contributed by atoms with E-state index >= 15 is 0 Å². The largest absolute Gasteiger partial charge is 0.494 e. The molecule has 0 aliphatic carbocycles. The fourth-order valence-corrected chi connectivity index (χ4v) is 4.60. The first-order valence-electron chi connectivity index (χ1n) is 13.0. The summed E-state index contributed by atoms with van der Waals surface area (Å²) in [4.78, 5) is 26.7. The summed E-state index contributed by atoms with van der Waals surface area (Å²) in [6.07, 6.45) is 1.66. The topological polar surface area (TPSA) is 123 Å². The van der Waals surface area contributed by atoms with Crippen molar-refractivity contribution in [1.82, 2.24) is 24.8 Å². The second-order valence-electron chi connectivity index (χ2n) is 9.78. The van der Waals surface area contributed by atoms with E-state index in [9.17, 15) is 4.79 Å². The first-order valence-corrected chi connectivity index (χ1v) is 13.0. The molecule has 2 aromatic carbocycles. The number of nitrogen functional groups attached to an aromatic ring is 1. The van der Waals surface area contributed by atoms with Crippen LogP contribution in [0.4, 0.5) is 23.0 Å². The van der Waals surface area contributed by atoms with Gasteiger partial charge in [0.15, 0.2) is 0 Å². The molecule has 212 valence electrons. The molecule has 0 aliphatic rings. The summed E-state index contributed by atoms with van der Waals surface area (Å²) >= 11 is 0. The molecule has 0 atom stereocenters. The number of likely N-dealkylation sites (N-methyl/N-ethyl adjacent to an activating group) is 2. The Balaban J connectivity index is 1.70. The predicted molar refractivity (Wildman–Crippen MR) is 161 cm³/mol. The number of nitrogens with two attached hydrogens (primary N) is 1. The number of anilines is 4. The minimum Gasteiger partial charge on any atom is -0.494 e. The van der Waals surface area contributed by atoms with Crippen molar-refractivity contribution in [3.63, 3.8) is 0 Å². The molecule has 2 heterocycles. The number of fused-ring (bicyclic) bond motifs is 1. The van der Waals surface area contributed by atoms with Gasteiger partial charge in [0.2, 0.25) is 5.95 Å². The molecule has 0 radical (unpaired) electrons. The van der Waals surface area contributed by atoms with Gasteiger partial charge in [-0.2, -0.15) is 0 Å². The number of rotatable bonds is 12. The number of aryl methyl sites for hydroxylation is 1. The van der Waals surface area contributed by atoms with Gasteiger partial charge in [0.1, 0.15) is 11.4 Å². The van der Waals surface area contributed by atoms with Gasteiger partial charge in [-0.3, -0.25) is 4.79 Å². The maximum Gasteiger partial charge on any atom is 0.268 e. The van der Waals surface area contributed by atoms with Gasteiger partial charge in [-0.05, 0) is 32.3 Å². The molecule has 4 aromatic rings. The van der Waals surface area contributed by atoms with Crippen molar-refractivity contribution in [3.8, 4) is 17.0 Å². The van der Waals surface area contributed by atoms with Crippen LogP contribution < -0.4 is 26.0 Å². The smallest absolute Gasteiger partial charge is 0.268 e. The third kappa shape index (κ3) is 6.11. The highest BCUT2D eigenvalue weighted by atomic mass is 16.5. The first-order chi connectivity index (χ1) is 19.2. The molecule has 2 aromatic heterocycles. The molecule has 1 amide bonds. The van der Waals surface area contributed by atoms with Crippen LogP contribution in [0.1, 0.15) is 10.5 Å². The number of hydrogen-bond donors (Lipinski definition) is 3. The zero-order chi connectivity index (χ0) is 28.8. The van der Waals surface area contributed by atoms with Gasteiger partial charge in [0.05, 0.1) is 36.5 Å². The molecular formula is C29H38N8O3. The minimum atomic E-state index is -0.206. The number of nitrogens with zero attached hydrogens (tertiary/aromatic N) is 5. The molecule has 4 rings (SSSR count). The lowest BCUT2D eigenvalue weighted by molar-refractivity contribution is 0.0930. The number of para-hydroxylation sites is 1. The fourth-order valence-electron chi connectivity index (χ4n) is 4.60. The molecule has 0 unspecified atom stereocenters. The standard InChI is InChI=1S/C29H38N8O3/c1-35(2)14-15-36(3)24-18-25(40-6)22(17-20(24)30)34-29-32-12-11-21(33-29)26-19-9-7-8-10-23(19)37(4)27(26)28(38)31-13-16-39-5/h7-12,17-18H,13-16,30H2,1-6H3,(H,31,38)(H,32,33,34). The van der Waals surface area contributed by atoms with Crippen LogP contribution in [0.2, 0.25) is 0 Å². The average molecular weight is 547 g/mol. The lowest BCUT2D eigenvalue weighted by Gasteiger charge is -2.24. The molecule has 0 saturated heterocycles. The monoisotopic (exact) mass is 546 g/mol. The van der Waals surface area contributed by atoms with Crippen LogP contribution in [0.3, 0.4) is 0 Å². The number of nitrogens with one attached hydrogen (secondary N) is 2. The summed E-state index contributed by atoms with van der Waals surface area (Å²) in [5.74, 6) is 0.753. The number of carbonyl (C=O) groups excluding carboxylic acids is 1. The zero-order valence-electron chi connectivity index (χ0n) is 24.0. The van der Waals surface area contributed by atoms with Crippen molar-refractivity contribution in [3.05, 3.63) is 54.4 Å². The Morgan fingerprint density at radius 2 is 1.88 bits per heavy atom. The summed E-state index contributed by atoms with van der Waals surface area (Å²) < 4.78 is 12.7. The molecule has 0 bridgehead atoms. The van der Waals surface area contributed by atoms with E-state index in [2.05, 4.69) is 25.4 Å². The zero-order valence-corrected chi connectivity index (χ0v) is 24.0. The number of methoxy groups -OCH3 is 2. The second kappa shape index (κ2) is 12.7. The number of hydrogen-bond acceptors (Lipinski definition) is 9. The number of benzene rings is 2. The van der Waals surface area contributed by atoms with Crippen LogP contribution in [0.15, 0.2) is 48.7 Å². The molecule has 0 aliphatic heterocycles. The van der Waals surface area contributed by atoms with E-state index in [0.29, 0.717) is 47.6 Å². The van der Waals surface area contributed by atoms with Crippen LogP contribution in [0.5, 0.6) is 5.75 Å². The van der Waals surface area contributed by atoms with Crippen LogP contribution >= 0.6 is 0 Å². The Morgan fingerprint density at radius 1 is 1.10 bits per heavy atom. The third-order valence-electron chi connectivity index (χ3n) is 6.71. The predicted octanol–water partition coefficient (Wildman–Crippen LogP) is 3.34. The van der Waals surface area contributed by atoms with Gasteiger partial charge < -0.3 is 40.2 Å². The van der Waals surface area contributed by atoms with Gasteiger partial charge in [-0.1, -0.05) is 18.2 Å². The Morgan fingerprint density at radius 3 is 2.60 bits per heavy atom. The average Bonchev–Trinajstić information content (AvgIpc) is 3.24. The van der Waals surface area contributed by atoms with E-state index in [0.717, 1.165) is 35.2 Å². The maximum atomic E-state index is 13.3.